The Morgan fingerprint density at radius 3 is 2.68 bits per heavy atom. The molecular weight excluding hydrogens is 292 g/mol. The van der Waals surface area contributed by atoms with Crippen LogP contribution in [-0.4, -0.2) is 5.24 Å². The molecule has 2 heteroatoms. The van der Waals surface area contributed by atoms with Crippen LogP contribution in [0.1, 0.15) is 66.2 Å². The van der Waals surface area contributed by atoms with Crippen molar-refractivity contribution in [2.75, 3.05) is 0 Å². The number of hydrogen-bond acceptors (Lipinski definition) is 1. The van der Waals surface area contributed by atoms with Crippen molar-refractivity contribution in [1.82, 2.24) is 0 Å². The van der Waals surface area contributed by atoms with Crippen LogP contribution in [0.5, 0.6) is 0 Å². The molecule has 0 heterocycles. The molecule has 0 aromatic carbocycles. The maximum absolute atomic E-state index is 12.2. The molecule has 0 amide bonds. The normalized spacial score (nSPS) is 41.4. The number of carbonyl (C=O) groups is 1. The Hall–Kier alpha value is -0.560. The predicted octanol–water partition coefficient (Wildman–Crippen LogP) is 5.89. The van der Waals surface area contributed by atoms with E-state index in [9.17, 15) is 4.79 Å². The molecule has 0 N–H and O–H groups in total. The first kappa shape index (κ1) is 16.3. The second-order valence-corrected chi connectivity index (χ2v) is 8.85. The molecule has 4 atom stereocenters. The van der Waals surface area contributed by atoms with Crippen molar-refractivity contribution in [1.29, 1.82) is 0 Å². The highest BCUT2D eigenvalue weighted by molar-refractivity contribution is 6.64. The molecule has 3 aliphatic rings. The molecule has 4 unspecified atom stereocenters. The van der Waals surface area contributed by atoms with Gasteiger partial charge in [0.15, 0.2) is 0 Å². The van der Waals surface area contributed by atoms with Crippen molar-refractivity contribution < 1.29 is 4.79 Å². The van der Waals surface area contributed by atoms with Crippen molar-refractivity contribution in [3.63, 3.8) is 0 Å². The van der Waals surface area contributed by atoms with Crippen molar-refractivity contribution in [2.45, 2.75) is 66.2 Å². The second kappa shape index (κ2) is 5.51. The quantitative estimate of drug-likeness (QED) is 0.580. The average Bonchev–Trinajstić information content (AvgIpc) is 2.46. The zero-order valence-corrected chi connectivity index (χ0v) is 15.2. The van der Waals surface area contributed by atoms with Crippen molar-refractivity contribution in [2.24, 2.45) is 28.6 Å². The van der Waals surface area contributed by atoms with Crippen LogP contribution in [0.25, 0.3) is 0 Å². The van der Waals surface area contributed by atoms with Gasteiger partial charge in [-0.25, -0.2) is 0 Å². The van der Waals surface area contributed by atoms with Crippen LogP contribution in [0.4, 0.5) is 0 Å². The highest BCUT2D eigenvalue weighted by Gasteiger charge is 2.56. The van der Waals surface area contributed by atoms with Gasteiger partial charge in [-0.1, -0.05) is 51.8 Å². The lowest BCUT2D eigenvalue weighted by Gasteiger charge is -2.57. The largest absolute Gasteiger partial charge is 0.281 e. The molecule has 0 aromatic rings. The lowest BCUT2D eigenvalue weighted by atomic mass is 9.47. The smallest absolute Gasteiger partial charge is 0.227 e. The highest BCUT2D eigenvalue weighted by Crippen LogP contribution is 2.62. The number of halogens is 1. The number of rotatable bonds is 2. The summed E-state index contributed by atoms with van der Waals surface area (Å²) in [5.41, 5.74) is 3.04. The Morgan fingerprint density at radius 1 is 1.32 bits per heavy atom. The number of carbonyl (C=O) groups excluding carboxylic acids is 1. The Morgan fingerprint density at radius 2 is 2.05 bits per heavy atom. The molecule has 22 heavy (non-hydrogen) atoms. The van der Waals surface area contributed by atoms with E-state index in [0.29, 0.717) is 17.8 Å². The van der Waals surface area contributed by atoms with Gasteiger partial charge in [0, 0.05) is 5.41 Å². The number of fused-ring (bicyclic) bond motifs is 3. The predicted molar refractivity (Wildman–Crippen MR) is 92.8 cm³/mol. The highest BCUT2D eigenvalue weighted by atomic mass is 35.5. The Bertz CT molecular complexity index is 544. The van der Waals surface area contributed by atoms with Crippen molar-refractivity contribution in [3.8, 4) is 0 Å². The van der Waals surface area contributed by atoms with Gasteiger partial charge in [0.1, 0.15) is 0 Å². The van der Waals surface area contributed by atoms with Gasteiger partial charge in [0.05, 0.1) is 0 Å². The lowest BCUT2D eigenvalue weighted by molar-refractivity contribution is -0.133. The molecule has 3 rings (SSSR count). The molecule has 1 nitrogen and oxygen atoms in total. The maximum Gasteiger partial charge on any atom is 0.227 e. The lowest BCUT2D eigenvalue weighted by Crippen LogP contribution is -2.52. The fourth-order valence-electron chi connectivity index (χ4n) is 5.58. The zero-order chi connectivity index (χ0) is 16.1. The van der Waals surface area contributed by atoms with E-state index in [1.165, 1.54) is 19.3 Å². The summed E-state index contributed by atoms with van der Waals surface area (Å²) in [6, 6.07) is 0. The van der Waals surface area contributed by atoms with E-state index >= 15 is 0 Å². The minimum atomic E-state index is -0.335. The minimum Gasteiger partial charge on any atom is -0.281 e. The van der Waals surface area contributed by atoms with E-state index in [1.807, 2.05) is 0 Å². The fraction of sp³-hybridized carbons (Fsp3) is 0.750. The minimum absolute atomic E-state index is 0.116. The van der Waals surface area contributed by atoms with Crippen LogP contribution in [0.2, 0.25) is 0 Å². The van der Waals surface area contributed by atoms with Gasteiger partial charge >= 0.3 is 0 Å². The summed E-state index contributed by atoms with van der Waals surface area (Å²) in [6.45, 7) is 9.13. The maximum atomic E-state index is 12.2. The number of allylic oxidation sites excluding steroid dienone is 4. The van der Waals surface area contributed by atoms with Gasteiger partial charge in [0.2, 0.25) is 5.24 Å². The first-order valence-corrected chi connectivity index (χ1v) is 9.27. The third-order valence-electron chi connectivity index (χ3n) is 7.03. The molecule has 122 valence electrons. The molecule has 0 radical (unpaired) electrons. The van der Waals surface area contributed by atoms with Gasteiger partial charge in [0.25, 0.3) is 0 Å². The van der Waals surface area contributed by atoms with E-state index in [4.69, 9.17) is 11.6 Å². The summed E-state index contributed by atoms with van der Waals surface area (Å²) in [7, 11) is 0. The van der Waals surface area contributed by atoms with E-state index in [1.54, 1.807) is 11.1 Å². The fourth-order valence-corrected chi connectivity index (χ4v) is 5.81. The van der Waals surface area contributed by atoms with Gasteiger partial charge in [-0.2, -0.15) is 0 Å². The van der Waals surface area contributed by atoms with E-state index in [0.717, 1.165) is 19.3 Å². The molecule has 0 saturated heterocycles. The molecule has 1 saturated carbocycles. The standard InChI is InChI=1S/C20H29ClO/c1-13(2)14-6-8-16-15(12-14)7-9-17-19(16,3)10-5-11-20(17,4)18(21)22/h7,12-13,16-17H,5-6,8-11H2,1-4H3. The van der Waals surface area contributed by atoms with E-state index in [2.05, 4.69) is 39.8 Å². The summed E-state index contributed by atoms with van der Waals surface area (Å²) in [6.07, 6.45) is 11.7. The first-order chi connectivity index (χ1) is 10.3. The Balaban J connectivity index is 2.00. The molecule has 0 aliphatic heterocycles. The summed E-state index contributed by atoms with van der Waals surface area (Å²) in [4.78, 5) is 12.2. The molecule has 0 spiro atoms. The SMILES string of the molecule is CC(C)C1=CC2=CCC3C(C)(C(=O)Cl)CCCC3(C)C2CC1. The van der Waals surface area contributed by atoms with Gasteiger partial charge in [-0.3, -0.25) is 4.79 Å². The monoisotopic (exact) mass is 320 g/mol. The third-order valence-corrected chi connectivity index (χ3v) is 7.46. The average molecular weight is 321 g/mol. The summed E-state index contributed by atoms with van der Waals surface area (Å²) in [5.74, 6) is 1.67. The molecule has 0 aromatic heterocycles. The Labute approximate surface area is 140 Å². The summed E-state index contributed by atoms with van der Waals surface area (Å²) in [5, 5.41) is -0.116. The van der Waals surface area contributed by atoms with Gasteiger partial charge in [-0.05, 0) is 72.4 Å². The molecular formula is C20H29ClO. The van der Waals surface area contributed by atoms with Crippen LogP contribution in [-0.2, 0) is 4.79 Å². The van der Waals surface area contributed by atoms with Gasteiger partial charge in [-0.15, -0.1) is 0 Å². The van der Waals surface area contributed by atoms with Crippen LogP contribution in [0, 0.1) is 28.6 Å². The summed E-state index contributed by atoms with van der Waals surface area (Å²) >= 11 is 6.05. The van der Waals surface area contributed by atoms with Crippen LogP contribution < -0.4 is 0 Å². The van der Waals surface area contributed by atoms with E-state index in [-0.39, 0.29) is 16.1 Å². The van der Waals surface area contributed by atoms with Crippen molar-refractivity contribution >= 4 is 16.8 Å². The zero-order valence-electron chi connectivity index (χ0n) is 14.4. The number of hydrogen-bond donors (Lipinski definition) is 0. The topological polar surface area (TPSA) is 17.1 Å². The van der Waals surface area contributed by atoms with Crippen molar-refractivity contribution in [3.05, 3.63) is 23.3 Å². The first-order valence-electron chi connectivity index (χ1n) is 8.89. The van der Waals surface area contributed by atoms with Crippen LogP contribution in [0.3, 0.4) is 0 Å². The van der Waals surface area contributed by atoms with Crippen LogP contribution in [0.15, 0.2) is 23.3 Å². The third kappa shape index (κ3) is 2.31. The molecule has 0 bridgehead atoms. The van der Waals surface area contributed by atoms with E-state index < -0.39 is 0 Å². The van der Waals surface area contributed by atoms with Crippen LogP contribution >= 0.6 is 11.6 Å². The molecule has 1 fully saturated rings. The van der Waals surface area contributed by atoms with Gasteiger partial charge < -0.3 is 0 Å². The second-order valence-electron chi connectivity index (χ2n) is 8.51. The Kier molecular flexibility index (Phi) is 4.08. The summed E-state index contributed by atoms with van der Waals surface area (Å²) < 4.78 is 0. The molecule has 3 aliphatic carbocycles.